The molecule has 2 aromatic rings. The van der Waals surface area contributed by atoms with Crippen LogP contribution in [0.1, 0.15) is 42.9 Å². The maximum Gasteiger partial charge on any atom is 0.319 e. The standard InChI is InChI=1S/C26H35N3O5/c1-3-27-26(31)28-22-10-8-21(9-11-22)25-33-23(16-29-12-14-32-15-13-29)18(2)24(34-25)20-6-4-19(17-30)5-7-20/h4-11,18,23-25,30H,3,12-17H2,1-2H3,(H2,27,28,31)/t18-,23+,24+,25+/m1/s1. The van der Waals surface area contributed by atoms with Crippen LogP contribution in [0, 0.1) is 5.92 Å². The van der Waals surface area contributed by atoms with E-state index in [0.29, 0.717) is 12.2 Å². The maximum absolute atomic E-state index is 11.8. The number of carbonyl (C=O) groups is 1. The minimum Gasteiger partial charge on any atom is -0.392 e. The molecule has 0 aliphatic carbocycles. The molecular formula is C26H35N3O5. The quantitative estimate of drug-likeness (QED) is 0.575. The number of ether oxygens (including phenoxy) is 3. The summed E-state index contributed by atoms with van der Waals surface area (Å²) >= 11 is 0. The first-order valence-corrected chi connectivity index (χ1v) is 12.0. The third-order valence-electron chi connectivity index (χ3n) is 6.44. The van der Waals surface area contributed by atoms with Crippen molar-refractivity contribution in [3.05, 3.63) is 65.2 Å². The molecule has 0 radical (unpaired) electrons. The van der Waals surface area contributed by atoms with Gasteiger partial charge in [-0.2, -0.15) is 0 Å². The van der Waals surface area contributed by atoms with Gasteiger partial charge in [-0.25, -0.2) is 4.79 Å². The Morgan fingerprint density at radius 1 is 1.03 bits per heavy atom. The number of nitrogens with one attached hydrogen (secondary N) is 2. The Kier molecular flexibility index (Phi) is 8.53. The van der Waals surface area contributed by atoms with Crippen LogP contribution >= 0.6 is 0 Å². The van der Waals surface area contributed by atoms with Crippen LogP contribution < -0.4 is 10.6 Å². The van der Waals surface area contributed by atoms with Crippen LogP contribution in [-0.4, -0.2) is 61.5 Å². The van der Waals surface area contributed by atoms with Gasteiger partial charge >= 0.3 is 6.03 Å². The lowest BCUT2D eigenvalue weighted by atomic mass is 9.90. The number of aliphatic hydroxyl groups excluding tert-OH is 1. The van der Waals surface area contributed by atoms with Crippen molar-refractivity contribution in [1.29, 1.82) is 0 Å². The average Bonchev–Trinajstić information content (AvgIpc) is 2.87. The van der Waals surface area contributed by atoms with Gasteiger partial charge < -0.3 is 30.0 Å². The highest BCUT2D eigenvalue weighted by atomic mass is 16.7. The van der Waals surface area contributed by atoms with E-state index in [9.17, 15) is 9.90 Å². The molecule has 2 fully saturated rings. The van der Waals surface area contributed by atoms with Crippen LogP contribution in [0.3, 0.4) is 0 Å². The minimum atomic E-state index is -0.525. The molecular weight excluding hydrogens is 434 g/mol. The number of carbonyl (C=O) groups excluding carboxylic acids is 1. The summed E-state index contributed by atoms with van der Waals surface area (Å²) in [6.07, 6.45) is -0.693. The van der Waals surface area contributed by atoms with Gasteiger partial charge in [-0.15, -0.1) is 0 Å². The van der Waals surface area contributed by atoms with E-state index < -0.39 is 6.29 Å². The van der Waals surface area contributed by atoms with Gasteiger partial charge in [0.2, 0.25) is 0 Å². The number of benzene rings is 2. The summed E-state index contributed by atoms with van der Waals surface area (Å²) < 4.78 is 18.5. The maximum atomic E-state index is 11.8. The highest BCUT2D eigenvalue weighted by Gasteiger charge is 2.39. The zero-order valence-electron chi connectivity index (χ0n) is 19.9. The van der Waals surface area contributed by atoms with Crippen molar-refractivity contribution in [3.63, 3.8) is 0 Å². The molecule has 4 rings (SSSR count). The monoisotopic (exact) mass is 469 g/mol. The first-order valence-electron chi connectivity index (χ1n) is 12.0. The second-order valence-corrected chi connectivity index (χ2v) is 8.84. The Bertz CT molecular complexity index is 915. The lowest BCUT2D eigenvalue weighted by Crippen LogP contribution is -2.47. The Morgan fingerprint density at radius 3 is 2.35 bits per heavy atom. The molecule has 0 unspecified atom stereocenters. The molecule has 0 aromatic heterocycles. The molecule has 0 bridgehead atoms. The van der Waals surface area contributed by atoms with Crippen molar-refractivity contribution in [2.45, 2.75) is 39.0 Å². The number of urea groups is 1. The van der Waals surface area contributed by atoms with E-state index in [1.807, 2.05) is 55.5 Å². The van der Waals surface area contributed by atoms with Crippen LogP contribution in [0.2, 0.25) is 0 Å². The molecule has 2 aliphatic rings. The zero-order chi connectivity index (χ0) is 23.9. The molecule has 4 atom stereocenters. The fraction of sp³-hybridized carbons (Fsp3) is 0.500. The second kappa shape index (κ2) is 11.8. The van der Waals surface area contributed by atoms with Gasteiger partial charge in [-0.3, -0.25) is 4.90 Å². The topological polar surface area (TPSA) is 92.3 Å². The SMILES string of the molecule is CCNC(=O)Nc1ccc([C@H]2O[C@@H](CN3CCOCC3)[C@@H](C)[C@@H](c3ccc(CO)cc3)O2)cc1. The summed E-state index contributed by atoms with van der Waals surface area (Å²) in [6.45, 7) is 8.73. The fourth-order valence-corrected chi connectivity index (χ4v) is 4.43. The third-order valence-corrected chi connectivity index (χ3v) is 6.44. The van der Waals surface area contributed by atoms with Crippen LogP contribution in [-0.2, 0) is 20.8 Å². The van der Waals surface area contributed by atoms with E-state index >= 15 is 0 Å². The first-order chi connectivity index (χ1) is 16.6. The highest BCUT2D eigenvalue weighted by molar-refractivity contribution is 5.89. The number of anilines is 1. The molecule has 2 saturated heterocycles. The van der Waals surface area contributed by atoms with Crippen LogP contribution in [0.4, 0.5) is 10.5 Å². The van der Waals surface area contributed by atoms with E-state index in [1.165, 1.54) is 0 Å². The molecule has 3 N–H and O–H groups in total. The van der Waals surface area contributed by atoms with Gasteiger partial charge in [-0.05, 0) is 30.2 Å². The van der Waals surface area contributed by atoms with Gasteiger partial charge in [0, 0.05) is 43.3 Å². The molecule has 2 aromatic carbocycles. The van der Waals surface area contributed by atoms with Crippen LogP contribution in [0.5, 0.6) is 0 Å². The predicted molar refractivity (Wildman–Crippen MR) is 129 cm³/mol. The number of aliphatic hydroxyl groups is 1. The smallest absolute Gasteiger partial charge is 0.319 e. The van der Waals surface area contributed by atoms with Crippen molar-refractivity contribution in [1.82, 2.24) is 10.2 Å². The fourth-order valence-electron chi connectivity index (χ4n) is 4.43. The summed E-state index contributed by atoms with van der Waals surface area (Å²) in [5.74, 6) is 0.137. The lowest BCUT2D eigenvalue weighted by molar-refractivity contribution is -0.277. The Labute approximate surface area is 201 Å². The van der Waals surface area contributed by atoms with Gasteiger partial charge in [0.05, 0.1) is 32.0 Å². The number of hydrogen-bond donors (Lipinski definition) is 3. The number of amides is 2. The molecule has 34 heavy (non-hydrogen) atoms. The molecule has 2 aliphatic heterocycles. The number of rotatable bonds is 7. The molecule has 8 nitrogen and oxygen atoms in total. The summed E-state index contributed by atoms with van der Waals surface area (Å²) in [5.41, 5.74) is 3.55. The van der Waals surface area contributed by atoms with Crippen molar-refractivity contribution in [2.24, 2.45) is 5.92 Å². The highest BCUT2D eigenvalue weighted by Crippen LogP contribution is 2.42. The second-order valence-electron chi connectivity index (χ2n) is 8.84. The molecule has 2 heterocycles. The third kappa shape index (κ3) is 6.14. The largest absolute Gasteiger partial charge is 0.392 e. The minimum absolute atomic E-state index is 0.0173. The number of nitrogens with zero attached hydrogens (tertiary/aromatic N) is 1. The molecule has 0 saturated carbocycles. The van der Waals surface area contributed by atoms with Crippen LogP contribution in [0.25, 0.3) is 0 Å². The van der Waals surface area contributed by atoms with Gasteiger partial charge in [-0.1, -0.05) is 43.3 Å². The van der Waals surface area contributed by atoms with Gasteiger partial charge in [0.25, 0.3) is 0 Å². The zero-order valence-corrected chi connectivity index (χ0v) is 19.9. The van der Waals surface area contributed by atoms with Gasteiger partial charge in [0.1, 0.15) is 0 Å². The number of hydrogen-bond acceptors (Lipinski definition) is 6. The van der Waals surface area contributed by atoms with E-state index in [0.717, 1.165) is 49.5 Å². The van der Waals surface area contributed by atoms with E-state index in [1.54, 1.807) is 0 Å². The summed E-state index contributed by atoms with van der Waals surface area (Å²) in [7, 11) is 0. The summed E-state index contributed by atoms with van der Waals surface area (Å²) in [6, 6.07) is 15.3. The normalized spacial score (nSPS) is 25.6. The molecule has 184 valence electrons. The van der Waals surface area contributed by atoms with Crippen molar-refractivity contribution < 1.29 is 24.1 Å². The first kappa shape index (κ1) is 24.6. The molecule has 0 spiro atoms. The molecule has 8 heteroatoms. The predicted octanol–water partition coefficient (Wildman–Crippen LogP) is 3.44. The van der Waals surface area contributed by atoms with Crippen LogP contribution in [0.15, 0.2) is 48.5 Å². The molecule has 2 amide bonds. The lowest BCUT2D eigenvalue weighted by Gasteiger charge is -2.43. The van der Waals surface area contributed by atoms with Crippen molar-refractivity contribution in [2.75, 3.05) is 44.7 Å². The number of morpholine rings is 1. The van der Waals surface area contributed by atoms with E-state index in [2.05, 4.69) is 22.5 Å². The Balaban J connectivity index is 1.53. The van der Waals surface area contributed by atoms with Crippen molar-refractivity contribution in [3.8, 4) is 0 Å². The Morgan fingerprint density at radius 2 is 1.71 bits per heavy atom. The summed E-state index contributed by atoms with van der Waals surface area (Å²) in [5, 5.41) is 15.0. The van der Waals surface area contributed by atoms with E-state index in [-0.39, 0.29) is 30.8 Å². The Hall–Kier alpha value is -2.49. The van der Waals surface area contributed by atoms with Crippen molar-refractivity contribution >= 4 is 11.7 Å². The average molecular weight is 470 g/mol. The van der Waals surface area contributed by atoms with E-state index in [4.69, 9.17) is 14.2 Å². The van der Waals surface area contributed by atoms with Gasteiger partial charge in [0.15, 0.2) is 6.29 Å². The summed E-state index contributed by atoms with van der Waals surface area (Å²) in [4.78, 5) is 14.2.